The van der Waals surface area contributed by atoms with E-state index in [9.17, 15) is 0 Å². The van der Waals surface area contributed by atoms with Crippen LogP contribution in [-0.2, 0) is 4.74 Å². The van der Waals surface area contributed by atoms with E-state index >= 15 is 0 Å². The van der Waals surface area contributed by atoms with E-state index in [-0.39, 0.29) is 0 Å². The van der Waals surface area contributed by atoms with Crippen molar-refractivity contribution < 1.29 is 4.74 Å². The number of nitrogens with one attached hydrogen (secondary N) is 1. The first-order valence-electron chi connectivity index (χ1n) is 8.47. The second kappa shape index (κ2) is 8.32. The molecule has 2 unspecified atom stereocenters. The normalized spacial score (nSPS) is 28.6. The molecule has 20 heavy (non-hydrogen) atoms. The summed E-state index contributed by atoms with van der Waals surface area (Å²) < 4.78 is 5.98. The van der Waals surface area contributed by atoms with Gasteiger partial charge in [-0.25, -0.2) is 0 Å². The number of hydrogen-bond donors (Lipinski definition) is 1. The molecule has 2 rings (SSSR count). The number of ether oxygens (including phenoxy) is 1. The molecule has 2 saturated heterocycles. The van der Waals surface area contributed by atoms with Gasteiger partial charge in [0, 0.05) is 38.8 Å². The van der Waals surface area contributed by atoms with Crippen LogP contribution in [0.15, 0.2) is 0 Å². The van der Waals surface area contributed by atoms with E-state index in [1.54, 1.807) is 0 Å². The summed E-state index contributed by atoms with van der Waals surface area (Å²) >= 11 is 0. The molecule has 0 saturated carbocycles. The summed E-state index contributed by atoms with van der Waals surface area (Å²) in [6, 6.07) is 0.699. The maximum atomic E-state index is 5.98. The van der Waals surface area contributed by atoms with Crippen molar-refractivity contribution in [3.63, 3.8) is 0 Å². The molecule has 0 aromatic carbocycles. The Hall–Kier alpha value is -0.160. The fourth-order valence-electron chi connectivity index (χ4n) is 3.42. The minimum Gasteiger partial charge on any atom is -0.374 e. The molecular weight excluding hydrogens is 250 g/mol. The second-order valence-electron chi connectivity index (χ2n) is 6.79. The van der Waals surface area contributed by atoms with E-state index in [4.69, 9.17) is 4.74 Å². The van der Waals surface area contributed by atoms with Crippen LogP contribution in [0.5, 0.6) is 0 Å². The van der Waals surface area contributed by atoms with Gasteiger partial charge >= 0.3 is 0 Å². The largest absolute Gasteiger partial charge is 0.374 e. The lowest BCUT2D eigenvalue weighted by atomic mass is 10.1. The van der Waals surface area contributed by atoms with Gasteiger partial charge in [0.25, 0.3) is 0 Å². The summed E-state index contributed by atoms with van der Waals surface area (Å²) in [5.74, 6) is 0.749. The van der Waals surface area contributed by atoms with Crippen molar-refractivity contribution in [1.29, 1.82) is 0 Å². The van der Waals surface area contributed by atoms with Crippen molar-refractivity contribution in [2.45, 2.75) is 45.8 Å². The summed E-state index contributed by atoms with van der Waals surface area (Å²) in [5.41, 5.74) is 0. The van der Waals surface area contributed by atoms with Crippen LogP contribution in [-0.4, -0.2) is 74.4 Å². The predicted molar refractivity (Wildman–Crippen MR) is 84.2 cm³/mol. The first-order chi connectivity index (χ1) is 9.67. The molecule has 4 nitrogen and oxygen atoms in total. The first-order valence-corrected chi connectivity index (χ1v) is 8.47. The molecule has 0 spiro atoms. The Bertz CT molecular complexity index is 266. The van der Waals surface area contributed by atoms with Gasteiger partial charge in [-0.15, -0.1) is 0 Å². The van der Waals surface area contributed by atoms with Gasteiger partial charge in [0.15, 0.2) is 0 Å². The van der Waals surface area contributed by atoms with Crippen molar-refractivity contribution >= 4 is 0 Å². The summed E-state index contributed by atoms with van der Waals surface area (Å²) in [6.07, 6.45) is 3.06. The van der Waals surface area contributed by atoms with Crippen molar-refractivity contribution in [2.24, 2.45) is 5.92 Å². The minimum absolute atomic E-state index is 0.392. The fraction of sp³-hybridized carbons (Fsp3) is 1.00. The van der Waals surface area contributed by atoms with Crippen LogP contribution in [0.4, 0.5) is 0 Å². The summed E-state index contributed by atoms with van der Waals surface area (Å²) in [4.78, 5) is 5.13. The van der Waals surface area contributed by atoms with Crippen molar-refractivity contribution in [3.05, 3.63) is 0 Å². The van der Waals surface area contributed by atoms with E-state index in [1.165, 1.54) is 32.5 Å². The van der Waals surface area contributed by atoms with Crippen LogP contribution in [0.2, 0.25) is 0 Å². The summed E-state index contributed by atoms with van der Waals surface area (Å²) in [6.45, 7) is 15.8. The number of likely N-dealkylation sites (N-methyl/N-ethyl adjacent to an activating group) is 1. The second-order valence-corrected chi connectivity index (χ2v) is 6.79. The molecule has 0 bridgehead atoms. The molecule has 0 aromatic rings. The number of hydrogen-bond acceptors (Lipinski definition) is 4. The lowest BCUT2D eigenvalue weighted by Crippen LogP contribution is -2.50. The van der Waals surface area contributed by atoms with E-state index in [0.717, 1.165) is 38.7 Å². The molecule has 1 N–H and O–H groups in total. The quantitative estimate of drug-likeness (QED) is 0.765. The van der Waals surface area contributed by atoms with Gasteiger partial charge in [0.05, 0.1) is 12.7 Å². The zero-order valence-electron chi connectivity index (χ0n) is 13.6. The van der Waals surface area contributed by atoms with Gasteiger partial charge in [-0.05, 0) is 31.8 Å². The SMILES string of the molecule is CCN(CC1CCCN1)CC1CN(CC(C)C)CCO1. The average molecular weight is 283 g/mol. The van der Waals surface area contributed by atoms with Gasteiger partial charge in [-0.2, -0.15) is 0 Å². The van der Waals surface area contributed by atoms with Gasteiger partial charge in [0.1, 0.15) is 0 Å². The smallest absolute Gasteiger partial charge is 0.0829 e. The standard InChI is InChI=1S/C16H33N3O/c1-4-18(11-15-6-5-7-17-15)12-16-13-19(8-9-20-16)10-14(2)3/h14-17H,4-13H2,1-3H3. The third-order valence-corrected chi connectivity index (χ3v) is 4.40. The van der Waals surface area contributed by atoms with Crippen molar-refractivity contribution in [1.82, 2.24) is 15.1 Å². The third kappa shape index (κ3) is 5.32. The van der Waals surface area contributed by atoms with Crippen molar-refractivity contribution in [2.75, 3.05) is 52.4 Å². The Balaban J connectivity index is 1.74. The number of rotatable bonds is 7. The highest BCUT2D eigenvalue weighted by atomic mass is 16.5. The Morgan fingerprint density at radius 1 is 1.35 bits per heavy atom. The van der Waals surface area contributed by atoms with Crippen LogP contribution in [0, 0.1) is 5.92 Å². The van der Waals surface area contributed by atoms with E-state index in [0.29, 0.717) is 12.1 Å². The number of nitrogens with zero attached hydrogens (tertiary/aromatic N) is 2. The average Bonchev–Trinajstić information content (AvgIpc) is 2.90. The molecule has 0 aromatic heterocycles. The molecule has 2 heterocycles. The van der Waals surface area contributed by atoms with Crippen LogP contribution >= 0.6 is 0 Å². The van der Waals surface area contributed by atoms with Gasteiger partial charge in [-0.1, -0.05) is 20.8 Å². The molecule has 2 aliphatic heterocycles. The molecule has 0 radical (unpaired) electrons. The predicted octanol–water partition coefficient (Wildman–Crippen LogP) is 1.42. The van der Waals surface area contributed by atoms with Gasteiger partial charge < -0.3 is 10.1 Å². The Morgan fingerprint density at radius 2 is 2.20 bits per heavy atom. The third-order valence-electron chi connectivity index (χ3n) is 4.40. The lowest BCUT2D eigenvalue weighted by molar-refractivity contribution is -0.0461. The lowest BCUT2D eigenvalue weighted by Gasteiger charge is -2.36. The molecule has 118 valence electrons. The summed E-state index contributed by atoms with van der Waals surface area (Å²) in [7, 11) is 0. The highest BCUT2D eigenvalue weighted by molar-refractivity contribution is 4.81. The monoisotopic (exact) mass is 283 g/mol. The van der Waals surface area contributed by atoms with Crippen LogP contribution in [0.25, 0.3) is 0 Å². The number of morpholine rings is 1. The first kappa shape index (κ1) is 16.2. The van der Waals surface area contributed by atoms with Gasteiger partial charge in [-0.3, -0.25) is 9.80 Å². The zero-order valence-corrected chi connectivity index (χ0v) is 13.6. The Morgan fingerprint density at radius 3 is 2.85 bits per heavy atom. The molecule has 0 aliphatic carbocycles. The Kier molecular flexibility index (Phi) is 6.75. The molecule has 2 aliphatic rings. The van der Waals surface area contributed by atoms with Crippen LogP contribution in [0.1, 0.15) is 33.6 Å². The van der Waals surface area contributed by atoms with Crippen molar-refractivity contribution in [3.8, 4) is 0 Å². The van der Waals surface area contributed by atoms with E-state index in [1.807, 2.05) is 0 Å². The van der Waals surface area contributed by atoms with E-state index in [2.05, 4.69) is 35.9 Å². The maximum absolute atomic E-state index is 5.98. The molecular formula is C16H33N3O. The minimum atomic E-state index is 0.392. The topological polar surface area (TPSA) is 27.7 Å². The fourth-order valence-corrected chi connectivity index (χ4v) is 3.42. The maximum Gasteiger partial charge on any atom is 0.0829 e. The van der Waals surface area contributed by atoms with Crippen LogP contribution in [0.3, 0.4) is 0 Å². The molecule has 0 amide bonds. The van der Waals surface area contributed by atoms with E-state index < -0.39 is 0 Å². The highest BCUT2D eigenvalue weighted by Crippen LogP contribution is 2.12. The zero-order chi connectivity index (χ0) is 14.4. The summed E-state index contributed by atoms with van der Waals surface area (Å²) in [5, 5.41) is 3.60. The Labute approximate surface area is 124 Å². The molecule has 4 heteroatoms. The van der Waals surface area contributed by atoms with Gasteiger partial charge in [0.2, 0.25) is 0 Å². The molecule has 2 atom stereocenters. The van der Waals surface area contributed by atoms with Crippen LogP contribution < -0.4 is 5.32 Å². The molecule has 2 fully saturated rings. The highest BCUT2D eigenvalue weighted by Gasteiger charge is 2.24.